The third kappa shape index (κ3) is 3.78. The number of fused-ring (bicyclic) bond motifs is 2. The minimum absolute atomic E-state index is 0.0350. The maximum Gasteiger partial charge on any atom is 0.267 e. The molecule has 0 bridgehead atoms. The molecule has 6 heteroatoms. The van der Waals surface area contributed by atoms with E-state index in [1.165, 1.54) is 5.56 Å². The number of nitrogens with one attached hydrogen (secondary N) is 1. The van der Waals surface area contributed by atoms with Crippen LogP contribution in [0.1, 0.15) is 21.6 Å². The molecular weight excluding hydrogens is 396 g/mol. The Bertz CT molecular complexity index is 1180. The van der Waals surface area contributed by atoms with Gasteiger partial charge in [0.15, 0.2) is 11.5 Å². The number of amides is 1. The van der Waals surface area contributed by atoms with Gasteiger partial charge in [-0.15, -0.1) is 11.3 Å². The molecule has 1 amide bonds. The van der Waals surface area contributed by atoms with Crippen molar-refractivity contribution in [2.24, 2.45) is 0 Å². The maximum atomic E-state index is 12.9. The Labute approximate surface area is 178 Å². The van der Waals surface area contributed by atoms with E-state index in [2.05, 4.69) is 45.6 Å². The molecule has 0 atom stereocenters. The lowest BCUT2D eigenvalue weighted by molar-refractivity contribution is 0.0945. The lowest BCUT2D eigenvalue weighted by atomic mass is 10.1. The monoisotopic (exact) mass is 418 g/mol. The molecule has 2 aromatic heterocycles. The van der Waals surface area contributed by atoms with Crippen LogP contribution in [0.5, 0.6) is 11.5 Å². The molecule has 1 aliphatic heterocycles. The van der Waals surface area contributed by atoms with Crippen molar-refractivity contribution in [1.82, 2.24) is 9.88 Å². The van der Waals surface area contributed by atoms with Crippen LogP contribution < -0.4 is 14.8 Å². The summed E-state index contributed by atoms with van der Waals surface area (Å²) in [6, 6.07) is 20.4. The molecule has 30 heavy (non-hydrogen) atoms. The minimum Gasteiger partial charge on any atom is -0.454 e. The second-order valence-electron chi connectivity index (χ2n) is 7.28. The number of rotatable bonds is 7. The predicted molar refractivity (Wildman–Crippen MR) is 119 cm³/mol. The molecule has 4 aromatic rings. The Balaban J connectivity index is 1.26. The highest BCUT2D eigenvalue weighted by atomic mass is 32.1. The Hall–Kier alpha value is -3.25. The Morgan fingerprint density at radius 2 is 1.83 bits per heavy atom. The number of hydrogen-bond acceptors (Lipinski definition) is 4. The number of benzene rings is 2. The van der Waals surface area contributed by atoms with Crippen LogP contribution in [0.4, 0.5) is 0 Å². The van der Waals surface area contributed by atoms with E-state index in [4.69, 9.17) is 9.47 Å². The molecule has 0 fully saturated rings. The largest absolute Gasteiger partial charge is 0.454 e. The van der Waals surface area contributed by atoms with Crippen LogP contribution in [-0.2, 0) is 19.4 Å². The number of carbonyl (C=O) groups excluding carboxylic acids is 1. The maximum absolute atomic E-state index is 12.9. The molecule has 0 radical (unpaired) electrons. The van der Waals surface area contributed by atoms with Crippen LogP contribution in [0.15, 0.2) is 66.0 Å². The number of aryl methyl sites for hydroxylation is 2. The van der Waals surface area contributed by atoms with E-state index in [1.807, 2.05) is 30.3 Å². The van der Waals surface area contributed by atoms with E-state index in [1.54, 1.807) is 11.3 Å². The van der Waals surface area contributed by atoms with Gasteiger partial charge in [0.1, 0.15) is 5.69 Å². The fraction of sp³-hybridized carbons (Fsp3) is 0.208. The molecule has 0 aliphatic carbocycles. The van der Waals surface area contributed by atoms with Crippen molar-refractivity contribution in [3.05, 3.63) is 82.9 Å². The highest BCUT2D eigenvalue weighted by Crippen LogP contribution is 2.32. The van der Waals surface area contributed by atoms with Crippen LogP contribution >= 0.6 is 11.3 Å². The summed E-state index contributed by atoms with van der Waals surface area (Å²) < 4.78 is 14.1. The Morgan fingerprint density at radius 1 is 0.967 bits per heavy atom. The number of aromatic nitrogens is 1. The highest BCUT2D eigenvalue weighted by molar-refractivity contribution is 7.17. The summed E-state index contributed by atoms with van der Waals surface area (Å²) in [7, 11) is 0. The van der Waals surface area contributed by atoms with Gasteiger partial charge in [-0.25, -0.2) is 0 Å². The normalized spacial score (nSPS) is 12.4. The number of hydrogen-bond donors (Lipinski definition) is 1. The number of thiophene rings is 1. The van der Waals surface area contributed by atoms with E-state index in [0.717, 1.165) is 52.4 Å². The number of carbonyl (C=O) groups is 1. The SMILES string of the molecule is O=C(NCCc1ccc2c(c1)OCO2)c1cc2sccc2n1CCc1ccccc1. The fourth-order valence-corrected chi connectivity index (χ4v) is 4.62. The second kappa shape index (κ2) is 8.24. The van der Waals surface area contributed by atoms with Crippen LogP contribution in [0, 0.1) is 0 Å². The molecule has 3 heterocycles. The molecule has 5 rings (SSSR count). The smallest absolute Gasteiger partial charge is 0.267 e. The molecule has 0 spiro atoms. The second-order valence-corrected chi connectivity index (χ2v) is 8.23. The zero-order valence-corrected chi connectivity index (χ0v) is 17.3. The van der Waals surface area contributed by atoms with E-state index in [-0.39, 0.29) is 12.7 Å². The molecule has 0 unspecified atom stereocenters. The van der Waals surface area contributed by atoms with Gasteiger partial charge >= 0.3 is 0 Å². The molecule has 0 saturated carbocycles. The van der Waals surface area contributed by atoms with Gasteiger partial charge in [0.25, 0.3) is 5.91 Å². The van der Waals surface area contributed by atoms with Crippen LogP contribution in [-0.4, -0.2) is 23.8 Å². The summed E-state index contributed by atoms with van der Waals surface area (Å²) in [5.74, 6) is 1.51. The molecule has 0 saturated heterocycles. The lowest BCUT2D eigenvalue weighted by Crippen LogP contribution is -2.28. The third-order valence-electron chi connectivity index (χ3n) is 5.36. The van der Waals surface area contributed by atoms with Gasteiger partial charge in [-0.3, -0.25) is 4.79 Å². The summed E-state index contributed by atoms with van der Waals surface area (Å²) in [6.45, 7) is 1.61. The first-order valence-corrected chi connectivity index (χ1v) is 10.9. The van der Waals surface area contributed by atoms with Gasteiger partial charge in [0, 0.05) is 13.1 Å². The molecule has 5 nitrogen and oxygen atoms in total. The molecule has 2 aromatic carbocycles. The van der Waals surface area contributed by atoms with Gasteiger partial charge in [-0.1, -0.05) is 36.4 Å². The molecular formula is C24H22N2O3S. The number of ether oxygens (including phenoxy) is 2. The summed E-state index contributed by atoms with van der Waals surface area (Å²) in [4.78, 5) is 12.9. The summed E-state index contributed by atoms with van der Waals surface area (Å²) in [5, 5.41) is 5.15. The first-order valence-electron chi connectivity index (χ1n) is 10.1. The van der Waals surface area contributed by atoms with E-state index in [9.17, 15) is 4.79 Å². The van der Waals surface area contributed by atoms with Crippen molar-refractivity contribution < 1.29 is 14.3 Å². The molecule has 1 aliphatic rings. The lowest BCUT2D eigenvalue weighted by Gasteiger charge is -2.11. The van der Waals surface area contributed by atoms with E-state index in [0.29, 0.717) is 6.54 Å². The van der Waals surface area contributed by atoms with Gasteiger partial charge in [0.2, 0.25) is 6.79 Å². The first-order chi connectivity index (χ1) is 14.8. The van der Waals surface area contributed by atoms with Crippen molar-refractivity contribution in [3.8, 4) is 11.5 Å². The zero-order valence-electron chi connectivity index (χ0n) is 16.5. The fourth-order valence-electron chi connectivity index (χ4n) is 3.80. The van der Waals surface area contributed by atoms with Crippen molar-refractivity contribution in [3.63, 3.8) is 0 Å². The van der Waals surface area contributed by atoms with Gasteiger partial charge in [-0.05, 0) is 53.6 Å². The third-order valence-corrected chi connectivity index (χ3v) is 6.21. The average molecular weight is 419 g/mol. The van der Waals surface area contributed by atoms with Gasteiger partial charge in [0.05, 0.1) is 10.2 Å². The van der Waals surface area contributed by atoms with Crippen molar-refractivity contribution in [2.45, 2.75) is 19.4 Å². The molecule has 152 valence electrons. The van der Waals surface area contributed by atoms with Gasteiger partial charge in [-0.2, -0.15) is 0 Å². The van der Waals surface area contributed by atoms with Crippen molar-refractivity contribution in [1.29, 1.82) is 0 Å². The van der Waals surface area contributed by atoms with Crippen LogP contribution in [0.25, 0.3) is 10.2 Å². The van der Waals surface area contributed by atoms with E-state index >= 15 is 0 Å². The Morgan fingerprint density at radius 3 is 2.73 bits per heavy atom. The summed E-state index contributed by atoms with van der Waals surface area (Å²) in [5.41, 5.74) is 4.22. The summed E-state index contributed by atoms with van der Waals surface area (Å²) >= 11 is 1.67. The standard InChI is InChI=1S/C24H22N2O3S/c27-24(25-11-8-18-6-7-21-22(14-18)29-16-28-21)20-15-23-19(10-13-30-23)26(20)12-9-17-4-2-1-3-5-17/h1-7,10,13-15H,8-9,11-12,16H2,(H,25,27). The zero-order chi connectivity index (χ0) is 20.3. The topological polar surface area (TPSA) is 52.5 Å². The Kier molecular flexibility index (Phi) is 5.15. The van der Waals surface area contributed by atoms with Crippen molar-refractivity contribution >= 4 is 27.5 Å². The highest BCUT2D eigenvalue weighted by Gasteiger charge is 2.17. The van der Waals surface area contributed by atoms with Crippen LogP contribution in [0.3, 0.4) is 0 Å². The summed E-state index contributed by atoms with van der Waals surface area (Å²) in [6.07, 6.45) is 1.62. The molecule has 1 N–H and O–H groups in total. The quantitative estimate of drug-likeness (QED) is 0.475. The minimum atomic E-state index is -0.0350. The van der Waals surface area contributed by atoms with Gasteiger partial charge < -0.3 is 19.4 Å². The van der Waals surface area contributed by atoms with Crippen LogP contribution in [0.2, 0.25) is 0 Å². The van der Waals surface area contributed by atoms with Crippen molar-refractivity contribution in [2.75, 3.05) is 13.3 Å². The number of nitrogens with zero attached hydrogens (tertiary/aromatic N) is 1. The predicted octanol–water partition coefficient (Wildman–Crippen LogP) is 4.65. The van der Waals surface area contributed by atoms with E-state index < -0.39 is 0 Å². The average Bonchev–Trinajstić information content (AvgIpc) is 3.49. The first kappa shape index (κ1) is 18.8.